The zero-order valence-electron chi connectivity index (χ0n) is 16.8. The van der Waals surface area contributed by atoms with E-state index in [2.05, 4.69) is 22.4 Å². The van der Waals surface area contributed by atoms with Crippen molar-refractivity contribution in [3.8, 4) is 0 Å². The van der Waals surface area contributed by atoms with Crippen LogP contribution in [-0.2, 0) is 11.3 Å². The number of carboxylic acid groups (broad SMARTS) is 1. The van der Waals surface area contributed by atoms with Gasteiger partial charge >= 0.3 is 5.97 Å². The van der Waals surface area contributed by atoms with Crippen molar-refractivity contribution in [3.63, 3.8) is 0 Å². The summed E-state index contributed by atoms with van der Waals surface area (Å²) in [6, 6.07) is 0. The Kier molecular flexibility index (Phi) is 11.9. The number of aliphatic carboxylic acids is 1. The van der Waals surface area contributed by atoms with Gasteiger partial charge in [0.05, 0.1) is 13.0 Å². The first-order valence-electron chi connectivity index (χ1n) is 10.4. The van der Waals surface area contributed by atoms with E-state index in [0.717, 1.165) is 31.7 Å². The van der Waals surface area contributed by atoms with Gasteiger partial charge in [-0.05, 0) is 25.3 Å². The summed E-state index contributed by atoms with van der Waals surface area (Å²) in [6.45, 7) is 7.58. The van der Waals surface area contributed by atoms with Crippen LogP contribution in [0.25, 0.3) is 0 Å². The molecule has 1 atom stereocenters. The summed E-state index contributed by atoms with van der Waals surface area (Å²) in [5.41, 5.74) is 0. The molecule has 2 N–H and O–H groups in total. The van der Waals surface area contributed by atoms with E-state index in [1.54, 1.807) is 0 Å². The molecule has 0 aromatic carbocycles. The number of nitrogens with one attached hydrogen (secondary N) is 1. The molecule has 1 aliphatic rings. The highest BCUT2D eigenvalue weighted by molar-refractivity contribution is 5.67. The zero-order valence-corrected chi connectivity index (χ0v) is 16.8. The Hall–Kier alpha value is -1.43. The maximum Gasteiger partial charge on any atom is 0.304 e. The zero-order chi connectivity index (χ0) is 19.2. The molecule has 0 radical (unpaired) electrons. The Morgan fingerprint density at radius 2 is 2.04 bits per heavy atom. The first kappa shape index (κ1) is 22.6. The van der Waals surface area contributed by atoms with Gasteiger partial charge in [-0.25, -0.2) is 0 Å². The molecular weight excluding hydrogens is 330 g/mol. The highest BCUT2D eigenvalue weighted by atomic mass is 16.5. The molecule has 0 spiro atoms. The molecule has 6 nitrogen and oxygen atoms in total. The number of hydrogen-bond donors (Lipinski definition) is 2. The molecule has 150 valence electrons. The van der Waals surface area contributed by atoms with E-state index in [-0.39, 0.29) is 12.3 Å². The molecule has 26 heavy (non-hydrogen) atoms. The van der Waals surface area contributed by atoms with Gasteiger partial charge in [-0.1, -0.05) is 70.9 Å². The molecule has 1 aliphatic carbocycles. The van der Waals surface area contributed by atoms with Gasteiger partial charge in [0.25, 0.3) is 0 Å². The fourth-order valence-corrected chi connectivity index (χ4v) is 3.53. The standard InChI is InChI=1S/C18H31N3O3.C2H6/c1-2-11-19-13-16-20-18(24-21-16)15(12-17(22)23)10-6-9-14-7-4-3-5-8-14;1-2/h14-15,19H,2-13H2,1H3,(H,22,23);1-2H3. The average molecular weight is 368 g/mol. The first-order valence-corrected chi connectivity index (χ1v) is 10.4. The number of carbonyl (C=O) groups is 1. The number of carboxylic acids is 1. The highest BCUT2D eigenvalue weighted by Gasteiger charge is 2.23. The largest absolute Gasteiger partial charge is 0.481 e. The lowest BCUT2D eigenvalue weighted by Crippen LogP contribution is -2.15. The smallest absolute Gasteiger partial charge is 0.304 e. The SMILES string of the molecule is CC.CCCNCc1noc(C(CCCC2CCCCC2)CC(=O)O)n1. The van der Waals surface area contributed by atoms with Crippen LogP contribution < -0.4 is 5.32 Å². The van der Waals surface area contributed by atoms with E-state index < -0.39 is 5.97 Å². The van der Waals surface area contributed by atoms with Crippen LogP contribution in [-0.4, -0.2) is 27.8 Å². The van der Waals surface area contributed by atoms with E-state index in [1.807, 2.05) is 13.8 Å². The Bertz CT molecular complexity index is 484. The van der Waals surface area contributed by atoms with Crippen molar-refractivity contribution in [1.29, 1.82) is 0 Å². The molecule has 1 saturated carbocycles. The predicted molar refractivity (Wildman–Crippen MR) is 103 cm³/mol. The lowest BCUT2D eigenvalue weighted by Gasteiger charge is -2.21. The van der Waals surface area contributed by atoms with Crippen molar-refractivity contribution in [3.05, 3.63) is 11.7 Å². The van der Waals surface area contributed by atoms with Gasteiger partial charge in [0, 0.05) is 5.92 Å². The lowest BCUT2D eigenvalue weighted by molar-refractivity contribution is -0.137. The Balaban J connectivity index is 0.00000163. The summed E-state index contributed by atoms with van der Waals surface area (Å²) in [7, 11) is 0. The van der Waals surface area contributed by atoms with E-state index >= 15 is 0 Å². The van der Waals surface area contributed by atoms with Crippen LogP contribution in [0.5, 0.6) is 0 Å². The van der Waals surface area contributed by atoms with Crippen LogP contribution in [0, 0.1) is 5.92 Å². The maximum absolute atomic E-state index is 11.2. The minimum absolute atomic E-state index is 0.0642. The van der Waals surface area contributed by atoms with E-state index in [0.29, 0.717) is 18.3 Å². The van der Waals surface area contributed by atoms with Gasteiger partial charge in [0.15, 0.2) is 5.82 Å². The molecule has 0 saturated heterocycles. The molecule has 1 aromatic heterocycles. The predicted octanol–water partition coefficient (Wildman–Crippen LogP) is 4.90. The van der Waals surface area contributed by atoms with Crippen LogP contribution >= 0.6 is 0 Å². The quantitative estimate of drug-likeness (QED) is 0.541. The van der Waals surface area contributed by atoms with Gasteiger partial charge in [0.2, 0.25) is 5.89 Å². The normalized spacial score (nSPS) is 16.0. The molecule has 6 heteroatoms. The summed E-state index contributed by atoms with van der Waals surface area (Å²) >= 11 is 0. The van der Waals surface area contributed by atoms with Crippen molar-refractivity contribution in [1.82, 2.24) is 15.5 Å². The fraction of sp³-hybridized carbons (Fsp3) is 0.850. The third-order valence-electron chi connectivity index (χ3n) is 4.85. The Labute approximate surface area is 158 Å². The van der Waals surface area contributed by atoms with E-state index in [1.165, 1.54) is 38.5 Å². The lowest BCUT2D eigenvalue weighted by atomic mass is 9.84. The second-order valence-corrected chi connectivity index (χ2v) is 6.96. The molecule has 1 heterocycles. The van der Waals surface area contributed by atoms with Crippen molar-refractivity contribution >= 4 is 5.97 Å². The van der Waals surface area contributed by atoms with E-state index in [9.17, 15) is 9.90 Å². The van der Waals surface area contributed by atoms with Crippen LogP contribution in [0.2, 0.25) is 0 Å². The number of aromatic nitrogens is 2. The van der Waals surface area contributed by atoms with Gasteiger partial charge < -0.3 is 14.9 Å². The monoisotopic (exact) mass is 367 g/mol. The van der Waals surface area contributed by atoms with Crippen molar-refractivity contribution < 1.29 is 14.4 Å². The molecule has 1 unspecified atom stereocenters. The Morgan fingerprint density at radius 3 is 2.69 bits per heavy atom. The molecule has 1 aromatic rings. The summed E-state index contributed by atoms with van der Waals surface area (Å²) in [6.07, 6.45) is 10.9. The van der Waals surface area contributed by atoms with Crippen LogP contribution in [0.1, 0.15) is 103 Å². The van der Waals surface area contributed by atoms with Gasteiger partial charge in [-0.3, -0.25) is 4.79 Å². The third kappa shape index (κ3) is 8.79. The second kappa shape index (κ2) is 13.7. The highest BCUT2D eigenvalue weighted by Crippen LogP contribution is 2.31. The van der Waals surface area contributed by atoms with Gasteiger partial charge in [0.1, 0.15) is 0 Å². The third-order valence-corrected chi connectivity index (χ3v) is 4.85. The van der Waals surface area contributed by atoms with Crippen LogP contribution in [0.15, 0.2) is 4.52 Å². The summed E-state index contributed by atoms with van der Waals surface area (Å²) < 4.78 is 5.34. The van der Waals surface area contributed by atoms with Crippen LogP contribution in [0.4, 0.5) is 0 Å². The summed E-state index contributed by atoms with van der Waals surface area (Å²) in [5, 5.41) is 16.4. The topological polar surface area (TPSA) is 88.2 Å². The van der Waals surface area contributed by atoms with Crippen molar-refractivity contribution in [2.75, 3.05) is 6.54 Å². The molecular formula is C20H37N3O3. The van der Waals surface area contributed by atoms with Gasteiger partial charge in [-0.15, -0.1) is 0 Å². The fourth-order valence-electron chi connectivity index (χ4n) is 3.53. The Morgan fingerprint density at radius 1 is 1.31 bits per heavy atom. The minimum Gasteiger partial charge on any atom is -0.481 e. The van der Waals surface area contributed by atoms with Crippen LogP contribution in [0.3, 0.4) is 0 Å². The molecule has 0 aliphatic heterocycles. The summed E-state index contributed by atoms with van der Waals surface area (Å²) in [4.78, 5) is 15.6. The summed E-state index contributed by atoms with van der Waals surface area (Å²) in [5.74, 6) is 0.941. The van der Waals surface area contributed by atoms with Gasteiger partial charge in [-0.2, -0.15) is 4.98 Å². The van der Waals surface area contributed by atoms with Crippen molar-refractivity contribution in [2.45, 2.75) is 97.4 Å². The minimum atomic E-state index is -0.804. The molecule has 0 amide bonds. The maximum atomic E-state index is 11.2. The first-order chi connectivity index (χ1) is 12.7. The molecule has 2 rings (SSSR count). The average Bonchev–Trinajstić information content (AvgIpc) is 3.12. The molecule has 0 bridgehead atoms. The van der Waals surface area contributed by atoms with E-state index in [4.69, 9.17) is 4.52 Å². The number of nitrogens with zero attached hydrogens (tertiary/aromatic N) is 2. The number of rotatable bonds is 11. The molecule has 1 fully saturated rings. The van der Waals surface area contributed by atoms with Crippen molar-refractivity contribution in [2.24, 2.45) is 5.92 Å². The number of hydrogen-bond acceptors (Lipinski definition) is 5. The second-order valence-electron chi connectivity index (χ2n) is 6.96.